The molecule has 1 N–H and O–H groups in total. The van der Waals surface area contributed by atoms with Crippen LogP contribution in [0.25, 0.3) is 17.4 Å². The Labute approximate surface area is 254 Å². The number of allylic oxidation sites excluding steroid dienone is 1. The molecule has 1 atom stereocenters. The van der Waals surface area contributed by atoms with Crippen LogP contribution in [0, 0.1) is 29.8 Å². The van der Waals surface area contributed by atoms with Crippen LogP contribution in [0.3, 0.4) is 0 Å². The zero-order valence-corrected chi connectivity index (χ0v) is 24.6. The second kappa shape index (κ2) is 11.3. The molecule has 1 aliphatic rings. The summed E-state index contributed by atoms with van der Waals surface area (Å²) in [4.78, 5) is 43.8. The number of hydrogen-bond donors (Lipinski definition) is 1. The average molecular weight is 609 g/mol. The lowest BCUT2D eigenvalue weighted by atomic mass is 9.95. The molecule has 6 rings (SSSR count). The lowest BCUT2D eigenvalue weighted by Crippen LogP contribution is -2.40. The smallest absolute Gasteiger partial charge is 0.280 e. The van der Waals surface area contributed by atoms with Gasteiger partial charge in [0.2, 0.25) is 0 Å². The molecule has 3 aromatic carbocycles. The molecule has 1 amide bonds. The molecule has 0 aliphatic carbocycles. The molecule has 1 aliphatic heterocycles. The third-order valence-electron chi connectivity index (χ3n) is 7.46. The molecule has 2 aromatic heterocycles. The minimum absolute atomic E-state index is 0.0792. The number of nitro benzene ring substituents is 1. The van der Waals surface area contributed by atoms with Crippen molar-refractivity contribution in [1.82, 2.24) is 4.57 Å². The van der Waals surface area contributed by atoms with Gasteiger partial charge in [0, 0.05) is 17.8 Å². The van der Waals surface area contributed by atoms with E-state index in [0.717, 1.165) is 22.5 Å². The van der Waals surface area contributed by atoms with E-state index in [0.29, 0.717) is 38.8 Å². The highest BCUT2D eigenvalue weighted by molar-refractivity contribution is 7.07. The summed E-state index contributed by atoms with van der Waals surface area (Å²) in [5.41, 5.74) is 3.28. The minimum atomic E-state index is -0.872. The van der Waals surface area contributed by atoms with Crippen LogP contribution in [0.15, 0.2) is 104 Å². The Morgan fingerprint density at radius 1 is 1.05 bits per heavy atom. The summed E-state index contributed by atoms with van der Waals surface area (Å²) in [6.07, 6.45) is 1.55. The zero-order chi connectivity index (χ0) is 31.1. The molecular formula is C33H25FN4O5S. The third-order valence-corrected chi connectivity index (χ3v) is 8.44. The molecule has 0 bridgehead atoms. The predicted octanol–water partition coefficient (Wildman–Crippen LogP) is 5.80. The number of carbonyl (C=O) groups excluding carboxylic acids is 1. The highest BCUT2D eigenvalue weighted by Crippen LogP contribution is 2.34. The minimum Gasteiger partial charge on any atom is -0.456 e. The van der Waals surface area contributed by atoms with Crippen molar-refractivity contribution in [3.63, 3.8) is 0 Å². The van der Waals surface area contributed by atoms with E-state index in [9.17, 15) is 24.1 Å². The molecule has 0 spiro atoms. The number of halogens is 1. The van der Waals surface area contributed by atoms with E-state index in [4.69, 9.17) is 4.42 Å². The Balaban J connectivity index is 1.45. The summed E-state index contributed by atoms with van der Waals surface area (Å²) in [6, 6.07) is 20.2. The van der Waals surface area contributed by atoms with Gasteiger partial charge < -0.3 is 9.73 Å². The van der Waals surface area contributed by atoms with Crippen molar-refractivity contribution in [1.29, 1.82) is 0 Å². The first-order chi connectivity index (χ1) is 21.1. The van der Waals surface area contributed by atoms with Gasteiger partial charge >= 0.3 is 0 Å². The zero-order valence-electron chi connectivity index (χ0n) is 23.8. The van der Waals surface area contributed by atoms with Gasteiger partial charge in [-0.2, -0.15) is 0 Å². The molecule has 3 heterocycles. The van der Waals surface area contributed by atoms with Crippen LogP contribution in [0.4, 0.5) is 15.8 Å². The van der Waals surface area contributed by atoms with Gasteiger partial charge in [0.1, 0.15) is 17.3 Å². The van der Waals surface area contributed by atoms with Gasteiger partial charge in [-0.1, -0.05) is 41.7 Å². The number of amides is 1. The Hall–Kier alpha value is -5.42. The Morgan fingerprint density at radius 2 is 1.75 bits per heavy atom. The van der Waals surface area contributed by atoms with Crippen molar-refractivity contribution in [3.8, 4) is 11.3 Å². The fourth-order valence-electron chi connectivity index (χ4n) is 5.15. The number of aromatic nitrogens is 1. The molecule has 220 valence electrons. The number of furan rings is 1. The first-order valence-electron chi connectivity index (χ1n) is 13.6. The van der Waals surface area contributed by atoms with Crippen molar-refractivity contribution >= 4 is 34.7 Å². The monoisotopic (exact) mass is 608 g/mol. The Bertz CT molecular complexity index is 2160. The van der Waals surface area contributed by atoms with E-state index >= 15 is 0 Å². The predicted molar refractivity (Wildman–Crippen MR) is 166 cm³/mol. The topological polar surface area (TPSA) is 120 Å². The van der Waals surface area contributed by atoms with E-state index < -0.39 is 28.2 Å². The number of aryl methyl sites for hydroxylation is 2. The van der Waals surface area contributed by atoms with Crippen molar-refractivity contribution in [2.24, 2.45) is 4.99 Å². The summed E-state index contributed by atoms with van der Waals surface area (Å²) >= 11 is 1.12. The number of nitrogens with one attached hydrogen (secondary N) is 1. The Morgan fingerprint density at radius 3 is 2.45 bits per heavy atom. The number of para-hydroxylation sites is 1. The average Bonchev–Trinajstić information content (AvgIpc) is 3.58. The van der Waals surface area contributed by atoms with Crippen LogP contribution in [0.1, 0.15) is 35.4 Å². The molecule has 0 saturated carbocycles. The van der Waals surface area contributed by atoms with Crippen molar-refractivity contribution in [2.75, 3.05) is 5.32 Å². The van der Waals surface area contributed by atoms with Crippen LogP contribution >= 0.6 is 11.3 Å². The van der Waals surface area contributed by atoms with Gasteiger partial charge in [0.15, 0.2) is 4.80 Å². The summed E-state index contributed by atoms with van der Waals surface area (Å²) in [7, 11) is 0. The largest absolute Gasteiger partial charge is 0.456 e. The number of thiazole rings is 1. The second-order valence-electron chi connectivity index (χ2n) is 10.4. The number of fused-ring (bicyclic) bond motifs is 1. The van der Waals surface area contributed by atoms with E-state index in [2.05, 4.69) is 10.3 Å². The highest BCUT2D eigenvalue weighted by atomic mass is 32.1. The SMILES string of the molecule is CC1=C(C(=O)Nc2ccccc2)[C@@H](c2ccc(F)cc2)n2c(s/c(=C/c3ccc(-c4cc(C)c(C)cc4[N+](=O)[O-])o3)c2=O)=N1. The molecule has 11 heteroatoms. The molecule has 0 fully saturated rings. The fourth-order valence-corrected chi connectivity index (χ4v) is 6.17. The number of nitrogens with zero attached hydrogens (tertiary/aromatic N) is 3. The number of anilines is 1. The van der Waals surface area contributed by atoms with E-state index in [-0.39, 0.29) is 15.8 Å². The van der Waals surface area contributed by atoms with Crippen molar-refractivity contribution in [2.45, 2.75) is 26.8 Å². The number of carbonyl (C=O) groups is 1. The second-order valence-corrected chi connectivity index (χ2v) is 11.4. The summed E-state index contributed by atoms with van der Waals surface area (Å²) in [6.45, 7) is 5.36. The van der Waals surface area contributed by atoms with E-state index in [1.165, 1.54) is 22.8 Å². The van der Waals surface area contributed by atoms with Gasteiger partial charge in [0.05, 0.1) is 32.3 Å². The van der Waals surface area contributed by atoms with Crippen molar-refractivity contribution in [3.05, 3.63) is 148 Å². The van der Waals surface area contributed by atoms with Gasteiger partial charge in [-0.15, -0.1) is 0 Å². The van der Waals surface area contributed by atoms with E-state index in [1.807, 2.05) is 13.0 Å². The standard InChI is InChI=1S/C33H25FN4O5S/c1-18-15-25(26(38(41)42)16-19(18)2)27-14-13-24(43-27)17-28-32(40)37-30(21-9-11-22(34)12-10-21)29(20(3)35-33(37)44-28)31(39)36-23-7-5-4-6-8-23/h4-17,30H,1-3H3,(H,36,39)/b28-17+/t30-/m1/s1. The first kappa shape index (κ1) is 28.7. The molecule has 9 nitrogen and oxygen atoms in total. The van der Waals surface area contributed by atoms with Crippen LogP contribution in [0.2, 0.25) is 0 Å². The maximum absolute atomic E-state index is 13.9. The molecule has 0 saturated heterocycles. The number of nitro groups is 1. The first-order valence-corrected chi connectivity index (χ1v) is 14.4. The highest BCUT2D eigenvalue weighted by Gasteiger charge is 2.32. The van der Waals surface area contributed by atoms with Gasteiger partial charge in [0.25, 0.3) is 17.2 Å². The molecule has 5 aromatic rings. The van der Waals surface area contributed by atoms with Crippen LogP contribution < -0.4 is 20.2 Å². The third kappa shape index (κ3) is 5.29. The van der Waals surface area contributed by atoms with Crippen LogP contribution in [0.5, 0.6) is 0 Å². The van der Waals surface area contributed by atoms with E-state index in [1.54, 1.807) is 74.5 Å². The normalized spacial score (nSPS) is 14.7. The number of rotatable bonds is 6. The van der Waals surface area contributed by atoms with Crippen LogP contribution in [-0.2, 0) is 4.79 Å². The van der Waals surface area contributed by atoms with Gasteiger partial charge in [-0.05, 0) is 79.9 Å². The lowest BCUT2D eigenvalue weighted by molar-refractivity contribution is -0.384. The lowest BCUT2D eigenvalue weighted by Gasteiger charge is -2.25. The summed E-state index contributed by atoms with van der Waals surface area (Å²) in [5.74, 6) is -0.283. The summed E-state index contributed by atoms with van der Waals surface area (Å²) in [5, 5.41) is 14.6. The van der Waals surface area contributed by atoms with Crippen LogP contribution in [-0.4, -0.2) is 15.4 Å². The molecule has 0 radical (unpaired) electrons. The maximum Gasteiger partial charge on any atom is 0.280 e. The number of benzene rings is 3. The molecule has 0 unspecified atom stereocenters. The quantitative estimate of drug-likeness (QED) is 0.193. The Kier molecular flexibility index (Phi) is 7.40. The van der Waals surface area contributed by atoms with Crippen molar-refractivity contribution < 1.29 is 18.5 Å². The van der Waals surface area contributed by atoms with Gasteiger partial charge in [-0.25, -0.2) is 9.38 Å². The summed E-state index contributed by atoms with van der Waals surface area (Å²) < 4.78 is 21.6. The molecular weight excluding hydrogens is 583 g/mol. The maximum atomic E-state index is 13.9. The number of hydrogen-bond acceptors (Lipinski definition) is 7. The fraction of sp³-hybridized carbons (Fsp3) is 0.121. The molecule has 44 heavy (non-hydrogen) atoms. The van der Waals surface area contributed by atoms with Gasteiger partial charge in [-0.3, -0.25) is 24.3 Å².